The summed E-state index contributed by atoms with van der Waals surface area (Å²) in [5.41, 5.74) is 5.14. The Hall–Kier alpha value is -3.42. The minimum atomic E-state index is -4.75. The third-order valence-electron chi connectivity index (χ3n) is 4.89. The van der Waals surface area contributed by atoms with Crippen LogP contribution in [0.2, 0.25) is 0 Å². The number of hydrogen-bond donors (Lipinski definition) is 0. The predicted octanol–water partition coefficient (Wildman–Crippen LogP) is 5.01. The van der Waals surface area contributed by atoms with Crippen molar-refractivity contribution in [2.45, 2.75) is 25.7 Å². The molecule has 3 heterocycles. The largest absolute Gasteiger partial charge is 0.573 e. The summed E-state index contributed by atoms with van der Waals surface area (Å²) in [5, 5.41) is 4.67. The normalized spacial score (nSPS) is 13.6. The van der Waals surface area contributed by atoms with Crippen LogP contribution in [0.5, 0.6) is 5.75 Å². The van der Waals surface area contributed by atoms with E-state index < -0.39 is 6.36 Å². The van der Waals surface area contributed by atoms with Crippen molar-refractivity contribution in [2.75, 3.05) is 0 Å². The molecule has 5 rings (SSSR count). The molecule has 0 aliphatic carbocycles. The van der Waals surface area contributed by atoms with E-state index in [1.54, 1.807) is 12.3 Å². The van der Waals surface area contributed by atoms with Crippen LogP contribution in [-0.2, 0) is 13.0 Å². The summed E-state index contributed by atoms with van der Waals surface area (Å²) in [6.07, 6.45) is -1.26. The van der Waals surface area contributed by atoms with E-state index in [1.807, 2.05) is 28.9 Å². The van der Waals surface area contributed by atoms with Crippen molar-refractivity contribution in [3.63, 3.8) is 0 Å². The van der Waals surface area contributed by atoms with Crippen molar-refractivity contribution in [1.29, 1.82) is 0 Å². The summed E-state index contributed by atoms with van der Waals surface area (Å²) in [6, 6.07) is 13.4. The van der Waals surface area contributed by atoms with Gasteiger partial charge in [0.05, 0.1) is 28.5 Å². The van der Waals surface area contributed by atoms with Gasteiger partial charge in [-0.25, -0.2) is 4.98 Å². The molecule has 4 aromatic rings. The zero-order chi connectivity index (χ0) is 20.0. The Bertz CT molecular complexity index is 1220. The smallest absolute Gasteiger partial charge is 0.406 e. The van der Waals surface area contributed by atoms with E-state index in [2.05, 4.69) is 14.8 Å². The maximum absolute atomic E-state index is 12.6. The number of aromatic nitrogens is 4. The number of para-hydroxylation sites is 2. The molecule has 0 N–H and O–H groups in total. The summed E-state index contributed by atoms with van der Waals surface area (Å²) < 4.78 is 43.9. The standard InChI is InChI=1S/C21H15F3N4O/c22-21(23,24)29-14-6-3-5-13(11-14)20-19(18-9-4-10-28(18)27-20)17-12-25-15-7-1-2-8-16(15)26-17/h1-3,5-8,11-12H,4,9-10H2. The fourth-order valence-corrected chi connectivity index (χ4v) is 3.72. The first kappa shape index (κ1) is 17.7. The first-order valence-electron chi connectivity index (χ1n) is 9.16. The zero-order valence-corrected chi connectivity index (χ0v) is 15.1. The predicted molar refractivity (Wildman–Crippen MR) is 101 cm³/mol. The van der Waals surface area contributed by atoms with Crippen molar-refractivity contribution >= 4 is 11.0 Å². The lowest BCUT2D eigenvalue weighted by molar-refractivity contribution is -0.274. The Labute approximate surface area is 163 Å². The van der Waals surface area contributed by atoms with Crippen molar-refractivity contribution in [3.05, 3.63) is 60.4 Å². The highest BCUT2D eigenvalue weighted by Crippen LogP contribution is 2.38. The molecule has 5 nitrogen and oxygen atoms in total. The average molecular weight is 396 g/mol. The number of rotatable bonds is 3. The van der Waals surface area contributed by atoms with E-state index in [0.29, 0.717) is 17.0 Å². The van der Waals surface area contributed by atoms with Gasteiger partial charge < -0.3 is 4.74 Å². The second-order valence-electron chi connectivity index (χ2n) is 6.82. The van der Waals surface area contributed by atoms with Crippen LogP contribution < -0.4 is 4.74 Å². The van der Waals surface area contributed by atoms with Crippen molar-refractivity contribution in [1.82, 2.24) is 19.7 Å². The monoisotopic (exact) mass is 396 g/mol. The highest BCUT2D eigenvalue weighted by molar-refractivity contribution is 5.84. The number of nitrogens with zero attached hydrogens (tertiary/aromatic N) is 4. The lowest BCUT2D eigenvalue weighted by Gasteiger charge is -2.10. The van der Waals surface area contributed by atoms with E-state index in [-0.39, 0.29) is 5.75 Å². The van der Waals surface area contributed by atoms with Crippen LogP contribution in [0.1, 0.15) is 12.1 Å². The highest BCUT2D eigenvalue weighted by Gasteiger charge is 2.31. The van der Waals surface area contributed by atoms with Gasteiger partial charge >= 0.3 is 6.36 Å². The summed E-state index contributed by atoms with van der Waals surface area (Å²) in [7, 11) is 0. The molecule has 0 amide bonds. The Balaban J connectivity index is 1.66. The van der Waals surface area contributed by atoms with Crippen molar-refractivity contribution < 1.29 is 17.9 Å². The molecule has 29 heavy (non-hydrogen) atoms. The van der Waals surface area contributed by atoms with Gasteiger partial charge in [-0.15, -0.1) is 13.2 Å². The summed E-state index contributed by atoms with van der Waals surface area (Å²) in [5.74, 6) is -0.279. The van der Waals surface area contributed by atoms with Gasteiger partial charge in [0, 0.05) is 17.8 Å². The van der Waals surface area contributed by atoms with Crippen LogP contribution in [0.3, 0.4) is 0 Å². The number of halogens is 3. The average Bonchev–Trinajstić information content (AvgIpc) is 3.27. The van der Waals surface area contributed by atoms with Gasteiger partial charge in [-0.3, -0.25) is 9.67 Å². The number of hydrogen-bond acceptors (Lipinski definition) is 4. The molecular formula is C21H15F3N4O. The fraction of sp³-hybridized carbons (Fsp3) is 0.190. The van der Waals surface area contributed by atoms with Crippen LogP contribution in [0.25, 0.3) is 33.5 Å². The molecule has 0 fully saturated rings. The lowest BCUT2D eigenvalue weighted by Crippen LogP contribution is -2.17. The Morgan fingerprint density at radius 3 is 2.66 bits per heavy atom. The molecule has 0 bridgehead atoms. The van der Waals surface area contributed by atoms with Crippen LogP contribution in [-0.4, -0.2) is 26.1 Å². The van der Waals surface area contributed by atoms with Gasteiger partial charge in [-0.2, -0.15) is 5.10 Å². The molecular weight excluding hydrogens is 381 g/mol. The van der Waals surface area contributed by atoms with Crippen LogP contribution in [0.15, 0.2) is 54.7 Å². The third kappa shape index (κ3) is 3.30. The Kier molecular flexibility index (Phi) is 4.01. The molecule has 0 spiro atoms. The molecule has 8 heteroatoms. The van der Waals surface area contributed by atoms with Gasteiger partial charge in [-0.05, 0) is 37.1 Å². The molecule has 2 aromatic heterocycles. The first-order chi connectivity index (χ1) is 14.0. The first-order valence-corrected chi connectivity index (χ1v) is 9.16. The molecule has 1 aliphatic heterocycles. The minimum absolute atomic E-state index is 0.279. The molecule has 2 aromatic carbocycles. The van der Waals surface area contributed by atoms with Crippen LogP contribution in [0, 0.1) is 0 Å². The Morgan fingerprint density at radius 2 is 1.83 bits per heavy atom. The van der Waals surface area contributed by atoms with Crippen molar-refractivity contribution in [2.24, 2.45) is 0 Å². The fourth-order valence-electron chi connectivity index (χ4n) is 3.72. The van der Waals surface area contributed by atoms with E-state index in [1.165, 1.54) is 18.2 Å². The number of fused-ring (bicyclic) bond motifs is 2. The number of benzene rings is 2. The topological polar surface area (TPSA) is 52.8 Å². The van der Waals surface area contributed by atoms with Gasteiger partial charge in [0.25, 0.3) is 0 Å². The van der Waals surface area contributed by atoms with Gasteiger partial charge in [-0.1, -0.05) is 24.3 Å². The van der Waals surface area contributed by atoms with Crippen LogP contribution >= 0.6 is 0 Å². The molecule has 146 valence electrons. The maximum atomic E-state index is 12.6. The molecule has 0 saturated heterocycles. The summed E-state index contributed by atoms with van der Waals surface area (Å²) >= 11 is 0. The van der Waals surface area contributed by atoms with Gasteiger partial charge in [0.2, 0.25) is 0 Å². The maximum Gasteiger partial charge on any atom is 0.573 e. The second kappa shape index (κ2) is 6.58. The minimum Gasteiger partial charge on any atom is -0.406 e. The molecule has 0 atom stereocenters. The van der Waals surface area contributed by atoms with Gasteiger partial charge in [0.15, 0.2) is 0 Å². The number of ether oxygens (including phenoxy) is 1. The summed E-state index contributed by atoms with van der Waals surface area (Å²) in [4.78, 5) is 9.23. The SMILES string of the molecule is FC(F)(F)Oc1cccc(-c2nn3c(c2-c2cnc4ccccc4n2)CCC3)c1. The summed E-state index contributed by atoms with van der Waals surface area (Å²) in [6.45, 7) is 0.766. The highest BCUT2D eigenvalue weighted by atomic mass is 19.4. The zero-order valence-electron chi connectivity index (χ0n) is 15.1. The van der Waals surface area contributed by atoms with E-state index in [9.17, 15) is 13.2 Å². The molecule has 0 unspecified atom stereocenters. The van der Waals surface area contributed by atoms with E-state index >= 15 is 0 Å². The van der Waals surface area contributed by atoms with E-state index in [0.717, 1.165) is 41.7 Å². The van der Waals surface area contributed by atoms with E-state index in [4.69, 9.17) is 4.98 Å². The molecule has 0 saturated carbocycles. The lowest BCUT2D eigenvalue weighted by atomic mass is 10.0. The van der Waals surface area contributed by atoms with Gasteiger partial charge in [0.1, 0.15) is 11.4 Å². The molecule has 0 radical (unpaired) electrons. The molecule has 1 aliphatic rings. The van der Waals surface area contributed by atoms with Crippen LogP contribution in [0.4, 0.5) is 13.2 Å². The van der Waals surface area contributed by atoms with Crippen molar-refractivity contribution in [3.8, 4) is 28.3 Å². The number of alkyl halides is 3. The quantitative estimate of drug-likeness (QED) is 0.489. The second-order valence-corrected chi connectivity index (χ2v) is 6.82. The Morgan fingerprint density at radius 1 is 1.00 bits per heavy atom. The number of aryl methyl sites for hydroxylation is 1. The third-order valence-corrected chi connectivity index (χ3v) is 4.89.